The lowest BCUT2D eigenvalue weighted by molar-refractivity contribution is 0.600. The molecule has 1 unspecified atom stereocenters. The second kappa shape index (κ2) is 4.89. The number of aromatic nitrogens is 2. The van der Waals surface area contributed by atoms with E-state index in [1.165, 1.54) is 0 Å². The third-order valence-corrected chi connectivity index (χ3v) is 5.32. The molecule has 1 aromatic heterocycles. The van der Waals surface area contributed by atoms with Crippen molar-refractivity contribution < 1.29 is 8.42 Å². The van der Waals surface area contributed by atoms with Crippen molar-refractivity contribution in [2.75, 3.05) is 23.5 Å². The molecule has 0 saturated carbocycles. The molecule has 1 fully saturated rings. The summed E-state index contributed by atoms with van der Waals surface area (Å²) in [5, 5.41) is 0.717. The van der Waals surface area contributed by atoms with E-state index in [0.29, 0.717) is 12.4 Å². The van der Waals surface area contributed by atoms with Crippen molar-refractivity contribution in [1.82, 2.24) is 9.97 Å². The minimum Gasteiger partial charge on any atom is -0.340 e. The van der Waals surface area contributed by atoms with Gasteiger partial charge in [0.05, 0.1) is 11.5 Å². The van der Waals surface area contributed by atoms with Gasteiger partial charge >= 0.3 is 0 Å². The number of rotatable bonds is 3. The fourth-order valence-electron chi connectivity index (χ4n) is 1.84. The predicted octanol–water partition coefficient (Wildman–Crippen LogP) is 0.995. The van der Waals surface area contributed by atoms with Gasteiger partial charge in [-0.15, -0.1) is 0 Å². The lowest BCUT2D eigenvalue weighted by Gasteiger charge is -2.23. The molecule has 94 valence electrons. The van der Waals surface area contributed by atoms with E-state index in [4.69, 9.17) is 0 Å². The molecule has 0 aromatic carbocycles. The molecule has 1 aromatic rings. The molecule has 0 amide bonds. The number of anilines is 1. The predicted molar refractivity (Wildman–Crippen MR) is 70.1 cm³/mol. The van der Waals surface area contributed by atoms with Gasteiger partial charge in [-0.3, -0.25) is 0 Å². The number of sulfone groups is 1. The van der Waals surface area contributed by atoms with Crippen LogP contribution in [0.4, 0.5) is 5.95 Å². The van der Waals surface area contributed by atoms with Gasteiger partial charge in [0.15, 0.2) is 9.84 Å². The SMILES string of the molecule is CN(c1ncc(CBr)cn1)C1CCS(=O)(=O)C1. The smallest absolute Gasteiger partial charge is 0.225 e. The molecule has 0 bridgehead atoms. The zero-order chi connectivity index (χ0) is 12.5. The van der Waals surface area contributed by atoms with Crippen molar-refractivity contribution in [2.45, 2.75) is 17.8 Å². The number of hydrogen-bond donors (Lipinski definition) is 0. The molecule has 1 saturated heterocycles. The van der Waals surface area contributed by atoms with Crippen LogP contribution in [0.5, 0.6) is 0 Å². The van der Waals surface area contributed by atoms with E-state index < -0.39 is 9.84 Å². The second-order valence-electron chi connectivity index (χ2n) is 4.19. The highest BCUT2D eigenvalue weighted by atomic mass is 79.9. The van der Waals surface area contributed by atoms with Crippen LogP contribution in [0.1, 0.15) is 12.0 Å². The summed E-state index contributed by atoms with van der Waals surface area (Å²) in [6, 6.07) is -0.00480. The first-order chi connectivity index (χ1) is 8.02. The summed E-state index contributed by atoms with van der Waals surface area (Å²) in [5.41, 5.74) is 1.00. The highest BCUT2D eigenvalue weighted by Crippen LogP contribution is 2.20. The molecule has 1 aliphatic heterocycles. The van der Waals surface area contributed by atoms with Crippen LogP contribution >= 0.6 is 15.9 Å². The van der Waals surface area contributed by atoms with Crippen molar-refractivity contribution >= 4 is 31.7 Å². The molecule has 7 heteroatoms. The van der Waals surface area contributed by atoms with Crippen LogP contribution in [0.15, 0.2) is 12.4 Å². The molecule has 5 nitrogen and oxygen atoms in total. The van der Waals surface area contributed by atoms with Gasteiger partial charge in [-0.05, 0) is 12.0 Å². The van der Waals surface area contributed by atoms with E-state index in [0.717, 1.165) is 10.9 Å². The molecule has 0 radical (unpaired) electrons. The highest BCUT2D eigenvalue weighted by molar-refractivity contribution is 9.08. The Balaban J connectivity index is 2.11. The Hall–Kier alpha value is -0.690. The summed E-state index contributed by atoms with van der Waals surface area (Å²) < 4.78 is 22.8. The zero-order valence-electron chi connectivity index (χ0n) is 9.50. The Morgan fingerprint density at radius 2 is 2.12 bits per heavy atom. The Labute approximate surface area is 109 Å². The minimum atomic E-state index is -2.87. The van der Waals surface area contributed by atoms with Gasteiger partial charge in [-0.25, -0.2) is 18.4 Å². The van der Waals surface area contributed by atoms with Crippen molar-refractivity contribution in [3.63, 3.8) is 0 Å². The van der Waals surface area contributed by atoms with E-state index in [1.54, 1.807) is 12.4 Å². The van der Waals surface area contributed by atoms with Gasteiger partial charge in [0.1, 0.15) is 0 Å². The third-order valence-electron chi connectivity index (χ3n) is 2.92. The molecule has 0 aliphatic carbocycles. The molecule has 0 spiro atoms. The Morgan fingerprint density at radius 1 is 1.47 bits per heavy atom. The van der Waals surface area contributed by atoms with Crippen LogP contribution in [-0.4, -0.2) is 43.0 Å². The molecule has 0 N–H and O–H groups in total. The first kappa shape index (κ1) is 12.8. The van der Waals surface area contributed by atoms with Gasteiger partial charge in [-0.1, -0.05) is 15.9 Å². The largest absolute Gasteiger partial charge is 0.340 e. The molecule has 17 heavy (non-hydrogen) atoms. The van der Waals surface area contributed by atoms with Crippen LogP contribution in [0.2, 0.25) is 0 Å². The first-order valence-corrected chi connectivity index (χ1v) is 8.26. The lowest BCUT2D eigenvalue weighted by atomic mass is 10.2. The molecule has 2 rings (SSSR count). The summed E-state index contributed by atoms with van der Waals surface area (Å²) in [5.74, 6) is 1.05. The van der Waals surface area contributed by atoms with Gasteiger partial charge in [0, 0.05) is 30.8 Å². The van der Waals surface area contributed by atoms with Crippen LogP contribution in [0, 0.1) is 0 Å². The topological polar surface area (TPSA) is 63.2 Å². The standard InChI is InChI=1S/C10H14BrN3O2S/c1-14(9-2-3-17(15,16)7-9)10-12-5-8(4-11)6-13-10/h5-6,9H,2-4,7H2,1H3. The van der Waals surface area contributed by atoms with Crippen molar-refractivity contribution in [2.24, 2.45) is 0 Å². The summed E-state index contributed by atoms with van der Waals surface area (Å²) in [7, 11) is -1.02. The zero-order valence-corrected chi connectivity index (χ0v) is 11.9. The van der Waals surface area contributed by atoms with Gasteiger partial charge in [0.2, 0.25) is 5.95 Å². The van der Waals surface area contributed by atoms with Crippen LogP contribution in [0.3, 0.4) is 0 Å². The average molecular weight is 320 g/mol. The summed E-state index contributed by atoms with van der Waals surface area (Å²) in [6.07, 6.45) is 4.15. The quantitative estimate of drug-likeness (QED) is 0.778. The molecule has 2 heterocycles. The number of alkyl halides is 1. The van der Waals surface area contributed by atoms with E-state index in [2.05, 4.69) is 25.9 Å². The molecular formula is C10H14BrN3O2S. The lowest BCUT2D eigenvalue weighted by Crippen LogP contribution is -2.33. The minimum absolute atomic E-state index is 0.00480. The maximum absolute atomic E-state index is 11.4. The maximum Gasteiger partial charge on any atom is 0.225 e. The van der Waals surface area contributed by atoms with Gasteiger partial charge in [0.25, 0.3) is 0 Å². The average Bonchev–Trinajstić information content (AvgIpc) is 2.69. The fourth-order valence-corrected chi connectivity index (χ4v) is 3.91. The van der Waals surface area contributed by atoms with Crippen LogP contribution < -0.4 is 4.90 Å². The Bertz CT molecular complexity index is 489. The first-order valence-electron chi connectivity index (χ1n) is 5.32. The maximum atomic E-state index is 11.4. The monoisotopic (exact) mass is 319 g/mol. The van der Waals surface area contributed by atoms with Crippen molar-refractivity contribution in [3.05, 3.63) is 18.0 Å². The van der Waals surface area contributed by atoms with E-state index in [9.17, 15) is 8.42 Å². The third kappa shape index (κ3) is 2.95. The summed E-state index contributed by atoms with van der Waals surface area (Å²) >= 11 is 3.33. The molecular weight excluding hydrogens is 306 g/mol. The molecule has 1 atom stereocenters. The van der Waals surface area contributed by atoms with E-state index in [-0.39, 0.29) is 17.5 Å². The van der Waals surface area contributed by atoms with Crippen molar-refractivity contribution in [1.29, 1.82) is 0 Å². The summed E-state index contributed by atoms with van der Waals surface area (Å²) in [6.45, 7) is 0. The number of halogens is 1. The second-order valence-corrected chi connectivity index (χ2v) is 6.98. The number of nitrogens with zero attached hydrogens (tertiary/aromatic N) is 3. The summed E-state index contributed by atoms with van der Waals surface area (Å²) in [4.78, 5) is 10.3. The fraction of sp³-hybridized carbons (Fsp3) is 0.600. The Morgan fingerprint density at radius 3 is 2.59 bits per heavy atom. The molecule has 1 aliphatic rings. The van der Waals surface area contributed by atoms with Gasteiger partial charge < -0.3 is 4.90 Å². The van der Waals surface area contributed by atoms with Crippen LogP contribution in [-0.2, 0) is 15.2 Å². The Kier molecular flexibility index (Phi) is 3.67. The normalized spacial score (nSPS) is 22.6. The highest BCUT2D eigenvalue weighted by Gasteiger charge is 2.31. The number of hydrogen-bond acceptors (Lipinski definition) is 5. The van der Waals surface area contributed by atoms with E-state index >= 15 is 0 Å². The van der Waals surface area contributed by atoms with Crippen LogP contribution in [0.25, 0.3) is 0 Å². The van der Waals surface area contributed by atoms with Gasteiger partial charge in [-0.2, -0.15) is 0 Å². The van der Waals surface area contributed by atoms with Crippen molar-refractivity contribution in [3.8, 4) is 0 Å². The van der Waals surface area contributed by atoms with E-state index in [1.807, 2.05) is 11.9 Å².